The number of hydrogen-bond donors (Lipinski definition) is 2. The molecule has 0 spiro atoms. The van der Waals surface area contributed by atoms with Gasteiger partial charge in [-0.25, -0.2) is 14.8 Å². The van der Waals surface area contributed by atoms with Gasteiger partial charge in [0, 0.05) is 5.92 Å². The van der Waals surface area contributed by atoms with E-state index in [4.69, 9.17) is 10.2 Å². The van der Waals surface area contributed by atoms with Crippen molar-refractivity contribution in [1.29, 1.82) is 0 Å². The van der Waals surface area contributed by atoms with Crippen molar-refractivity contribution < 1.29 is 19.8 Å². The summed E-state index contributed by atoms with van der Waals surface area (Å²) in [6.07, 6.45) is 2.02. The van der Waals surface area contributed by atoms with Crippen molar-refractivity contribution in [2.75, 3.05) is 5.75 Å². The van der Waals surface area contributed by atoms with Gasteiger partial charge in [0.1, 0.15) is 16.4 Å². The topological polar surface area (TPSA) is 100 Å². The molecule has 1 aliphatic rings. The Balaban J connectivity index is 2.37. The van der Waals surface area contributed by atoms with Crippen LogP contribution in [0.2, 0.25) is 0 Å². The predicted octanol–water partition coefficient (Wildman–Crippen LogP) is 1.54. The summed E-state index contributed by atoms with van der Waals surface area (Å²) in [5, 5.41) is 18.0. The molecule has 1 aromatic rings. The Bertz CT molecular complexity index is 514. The molecule has 0 bridgehead atoms. The Hall–Kier alpha value is -1.63. The summed E-state index contributed by atoms with van der Waals surface area (Å²) in [6.45, 7) is 1.61. The lowest BCUT2D eigenvalue weighted by Gasteiger charge is -2.08. The van der Waals surface area contributed by atoms with Crippen LogP contribution >= 0.6 is 11.8 Å². The molecular weight excluding hydrogens is 256 g/mol. The molecule has 1 heterocycles. The number of aromatic carboxylic acids is 1. The molecule has 0 aliphatic heterocycles. The molecule has 0 aromatic carbocycles. The zero-order chi connectivity index (χ0) is 13.3. The minimum atomic E-state index is -1.12. The molecular formula is C11H12N2O4S. The van der Waals surface area contributed by atoms with E-state index < -0.39 is 11.9 Å². The highest BCUT2D eigenvalue weighted by Gasteiger charge is 2.29. The van der Waals surface area contributed by atoms with E-state index in [1.54, 1.807) is 6.92 Å². The van der Waals surface area contributed by atoms with E-state index in [1.165, 1.54) is 0 Å². The first kappa shape index (κ1) is 12.8. The van der Waals surface area contributed by atoms with E-state index in [0.717, 1.165) is 24.6 Å². The molecule has 96 valence electrons. The summed E-state index contributed by atoms with van der Waals surface area (Å²) in [4.78, 5) is 30.1. The zero-order valence-corrected chi connectivity index (χ0v) is 10.5. The summed E-state index contributed by atoms with van der Waals surface area (Å²) in [5.41, 5.74) is 0.401. The minimum Gasteiger partial charge on any atom is -0.481 e. The number of nitrogens with zero attached hydrogens (tertiary/aromatic N) is 2. The number of carboxylic acids is 2. The molecule has 0 radical (unpaired) electrons. The van der Waals surface area contributed by atoms with Crippen LogP contribution in [0.5, 0.6) is 0 Å². The van der Waals surface area contributed by atoms with Gasteiger partial charge in [-0.05, 0) is 19.8 Å². The van der Waals surface area contributed by atoms with Crippen LogP contribution in [0.1, 0.15) is 40.6 Å². The van der Waals surface area contributed by atoms with E-state index in [9.17, 15) is 9.59 Å². The fourth-order valence-electron chi connectivity index (χ4n) is 1.57. The number of aliphatic carboxylic acids is 1. The maximum atomic E-state index is 11.1. The molecule has 6 nitrogen and oxygen atoms in total. The van der Waals surface area contributed by atoms with Crippen molar-refractivity contribution in [2.45, 2.75) is 30.7 Å². The fourth-order valence-corrected chi connectivity index (χ4v) is 2.37. The lowest BCUT2D eigenvalue weighted by Crippen LogP contribution is -2.10. The number of aromatic nitrogens is 2. The molecule has 1 aromatic heterocycles. The number of aryl methyl sites for hydroxylation is 1. The standard InChI is InChI=1S/C11H12N2O4S/c1-5-8(11(16)17)10(18-4-7(14)15)13-9(12-5)6-2-3-6/h6H,2-4H2,1H3,(H,14,15)(H,16,17). The van der Waals surface area contributed by atoms with Gasteiger partial charge in [-0.2, -0.15) is 0 Å². The van der Waals surface area contributed by atoms with Crippen molar-refractivity contribution >= 4 is 23.7 Å². The second-order valence-electron chi connectivity index (χ2n) is 4.11. The zero-order valence-electron chi connectivity index (χ0n) is 9.71. The first-order valence-electron chi connectivity index (χ1n) is 5.45. The van der Waals surface area contributed by atoms with Crippen molar-refractivity contribution in [3.8, 4) is 0 Å². The molecule has 2 N–H and O–H groups in total. The van der Waals surface area contributed by atoms with Gasteiger partial charge in [0.15, 0.2) is 0 Å². The van der Waals surface area contributed by atoms with Crippen molar-refractivity contribution in [2.24, 2.45) is 0 Å². The van der Waals surface area contributed by atoms with Crippen LogP contribution in [0.15, 0.2) is 5.03 Å². The van der Waals surface area contributed by atoms with Crippen LogP contribution < -0.4 is 0 Å². The SMILES string of the molecule is Cc1nc(C2CC2)nc(SCC(=O)O)c1C(=O)O. The molecule has 0 saturated heterocycles. The predicted molar refractivity (Wildman–Crippen MR) is 64.1 cm³/mol. The average Bonchev–Trinajstić information content (AvgIpc) is 3.08. The second-order valence-corrected chi connectivity index (χ2v) is 5.07. The van der Waals surface area contributed by atoms with Crippen LogP contribution in [0, 0.1) is 6.92 Å². The molecule has 0 unspecified atom stereocenters. The first-order valence-corrected chi connectivity index (χ1v) is 6.44. The van der Waals surface area contributed by atoms with Gasteiger partial charge >= 0.3 is 11.9 Å². The van der Waals surface area contributed by atoms with E-state index in [1.807, 2.05) is 0 Å². The first-order chi connectivity index (χ1) is 8.49. The highest BCUT2D eigenvalue weighted by Crippen LogP contribution is 2.39. The minimum absolute atomic E-state index is 0.00523. The highest BCUT2D eigenvalue weighted by molar-refractivity contribution is 7.99. The Morgan fingerprint density at radius 3 is 2.50 bits per heavy atom. The van der Waals surface area contributed by atoms with E-state index in [2.05, 4.69) is 9.97 Å². The van der Waals surface area contributed by atoms with Crippen LogP contribution in [-0.2, 0) is 4.79 Å². The van der Waals surface area contributed by atoms with Crippen LogP contribution in [0.3, 0.4) is 0 Å². The Morgan fingerprint density at radius 2 is 2.00 bits per heavy atom. The van der Waals surface area contributed by atoms with Gasteiger partial charge in [-0.3, -0.25) is 4.79 Å². The summed E-state index contributed by atoms with van der Waals surface area (Å²) in [5.74, 6) is -1.40. The monoisotopic (exact) mass is 268 g/mol. The molecule has 1 aliphatic carbocycles. The second kappa shape index (κ2) is 4.93. The van der Waals surface area contributed by atoms with Crippen molar-refractivity contribution in [3.63, 3.8) is 0 Å². The molecule has 7 heteroatoms. The number of carboxylic acid groups (broad SMARTS) is 2. The van der Waals surface area contributed by atoms with E-state index in [-0.39, 0.29) is 16.3 Å². The largest absolute Gasteiger partial charge is 0.481 e. The van der Waals surface area contributed by atoms with Gasteiger partial charge in [0.2, 0.25) is 0 Å². The summed E-state index contributed by atoms with van der Waals surface area (Å²) >= 11 is 0.926. The van der Waals surface area contributed by atoms with Gasteiger partial charge in [-0.15, -0.1) is 0 Å². The lowest BCUT2D eigenvalue weighted by atomic mass is 10.2. The Kier molecular flexibility index (Phi) is 3.51. The van der Waals surface area contributed by atoms with Crippen LogP contribution in [0.4, 0.5) is 0 Å². The van der Waals surface area contributed by atoms with E-state index >= 15 is 0 Å². The van der Waals surface area contributed by atoms with E-state index in [0.29, 0.717) is 17.4 Å². The molecule has 2 rings (SSSR count). The van der Waals surface area contributed by atoms with Gasteiger partial charge < -0.3 is 10.2 Å². The number of rotatable bonds is 5. The quantitative estimate of drug-likeness (QED) is 0.617. The van der Waals surface area contributed by atoms with Crippen LogP contribution in [0.25, 0.3) is 0 Å². The van der Waals surface area contributed by atoms with Gasteiger partial charge in [0.05, 0.1) is 11.4 Å². The fraction of sp³-hybridized carbons (Fsp3) is 0.455. The van der Waals surface area contributed by atoms with Crippen molar-refractivity contribution in [1.82, 2.24) is 9.97 Å². The maximum Gasteiger partial charge on any atom is 0.340 e. The Morgan fingerprint density at radius 1 is 1.33 bits per heavy atom. The average molecular weight is 268 g/mol. The summed E-state index contributed by atoms with van der Waals surface area (Å²) in [7, 11) is 0. The molecule has 1 fully saturated rings. The molecule has 0 atom stereocenters. The molecule has 0 amide bonds. The molecule has 18 heavy (non-hydrogen) atoms. The normalized spacial score (nSPS) is 14.5. The smallest absolute Gasteiger partial charge is 0.340 e. The van der Waals surface area contributed by atoms with Crippen LogP contribution in [-0.4, -0.2) is 37.9 Å². The highest BCUT2D eigenvalue weighted by atomic mass is 32.2. The third-order valence-electron chi connectivity index (χ3n) is 2.56. The van der Waals surface area contributed by atoms with Gasteiger partial charge in [-0.1, -0.05) is 11.8 Å². The maximum absolute atomic E-state index is 11.1. The third-order valence-corrected chi connectivity index (χ3v) is 3.52. The van der Waals surface area contributed by atoms with Crippen molar-refractivity contribution in [3.05, 3.63) is 17.1 Å². The number of carbonyl (C=O) groups is 2. The summed E-state index contributed by atoms with van der Waals surface area (Å²) in [6, 6.07) is 0. The Labute approximate surface area is 107 Å². The lowest BCUT2D eigenvalue weighted by molar-refractivity contribution is -0.133. The number of thioether (sulfide) groups is 1. The molecule has 1 saturated carbocycles. The van der Waals surface area contributed by atoms with Gasteiger partial charge in [0.25, 0.3) is 0 Å². The number of hydrogen-bond acceptors (Lipinski definition) is 5. The summed E-state index contributed by atoms with van der Waals surface area (Å²) < 4.78 is 0. The third kappa shape index (κ3) is 2.79.